The maximum absolute atomic E-state index is 6.32. The molecule has 1 aliphatic rings. The van der Waals surface area contributed by atoms with Crippen molar-refractivity contribution in [3.63, 3.8) is 0 Å². The highest BCUT2D eigenvalue weighted by Gasteiger charge is 2.11. The van der Waals surface area contributed by atoms with E-state index in [1.54, 1.807) is 11.3 Å². The van der Waals surface area contributed by atoms with Crippen LogP contribution in [0.2, 0.25) is 0 Å². The maximum Gasteiger partial charge on any atom is 0.0746 e. The summed E-state index contributed by atoms with van der Waals surface area (Å²) in [7, 11) is 0. The summed E-state index contributed by atoms with van der Waals surface area (Å²) >= 11 is 1.72. The zero-order valence-electron chi connectivity index (χ0n) is 11.8. The number of hydrogen-bond donors (Lipinski definition) is 2. The molecule has 1 aliphatic heterocycles. The summed E-state index contributed by atoms with van der Waals surface area (Å²) in [5.41, 5.74) is 9.56. The van der Waals surface area contributed by atoms with Gasteiger partial charge in [0.05, 0.1) is 11.9 Å². The van der Waals surface area contributed by atoms with E-state index in [2.05, 4.69) is 48.8 Å². The summed E-state index contributed by atoms with van der Waals surface area (Å²) in [6, 6.07) is 8.95. The van der Waals surface area contributed by atoms with E-state index in [1.165, 1.54) is 10.4 Å². The smallest absolute Gasteiger partial charge is 0.0746 e. The molecule has 2 aromatic rings. The SMILES string of the molecule is CC(C)NCc1ccc2c(c1)=NCc1sccc1C=2N. The van der Waals surface area contributed by atoms with Gasteiger partial charge in [0.15, 0.2) is 0 Å². The van der Waals surface area contributed by atoms with Gasteiger partial charge in [-0.25, -0.2) is 0 Å². The summed E-state index contributed by atoms with van der Waals surface area (Å²) in [5, 5.41) is 7.57. The molecule has 0 bridgehead atoms. The van der Waals surface area contributed by atoms with Crippen LogP contribution in [0.5, 0.6) is 0 Å². The van der Waals surface area contributed by atoms with Gasteiger partial charge in [-0.2, -0.15) is 0 Å². The van der Waals surface area contributed by atoms with Gasteiger partial charge in [-0.15, -0.1) is 11.3 Å². The fourth-order valence-corrected chi connectivity index (χ4v) is 3.19. The Hall–Kier alpha value is -1.65. The first-order chi connectivity index (χ1) is 9.65. The Balaban J connectivity index is 2.06. The highest BCUT2D eigenvalue weighted by molar-refractivity contribution is 7.10. The van der Waals surface area contributed by atoms with E-state index in [0.717, 1.165) is 34.9 Å². The molecular formula is C16H19N3S. The van der Waals surface area contributed by atoms with Crippen LogP contribution in [0, 0.1) is 0 Å². The minimum atomic E-state index is 0.481. The van der Waals surface area contributed by atoms with E-state index in [4.69, 9.17) is 10.7 Å². The molecule has 3 N–H and O–H groups in total. The van der Waals surface area contributed by atoms with Crippen molar-refractivity contribution in [1.29, 1.82) is 0 Å². The lowest BCUT2D eigenvalue weighted by atomic mass is 10.1. The van der Waals surface area contributed by atoms with Gasteiger partial charge in [0, 0.05) is 33.9 Å². The van der Waals surface area contributed by atoms with E-state index in [9.17, 15) is 0 Å². The third-order valence-corrected chi connectivity index (χ3v) is 4.40. The van der Waals surface area contributed by atoms with Gasteiger partial charge in [0.25, 0.3) is 0 Å². The van der Waals surface area contributed by atoms with E-state index < -0.39 is 0 Å². The van der Waals surface area contributed by atoms with Gasteiger partial charge in [0.1, 0.15) is 0 Å². The Morgan fingerprint density at radius 1 is 1.35 bits per heavy atom. The van der Waals surface area contributed by atoms with Crippen LogP contribution < -0.4 is 21.6 Å². The van der Waals surface area contributed by atoms with Crippen molar-refractivity contribution in [2.45, 2.75) is 33.0 Å². The molecule has 0 radical (unpaired) electrons. The first-order valence-electron chi connectivity index (χ1n) is 6.88. The fourth-order valence-electron chi connectivity index (χ4n) is 2.37. The van der Waals surface area contributed by atoms with Crippen LogP contribution in [0.4, 0.5) is 0 Å². The standard InChI is InChI=1S/C16H19N3S/c1-10(2)18-8-11-3-4-12-14(7-11)19-9-15-13(16(12)17)5-6-20-15/h3-7,10,18H,8-9,17H2,1-2H3. The summed E-state index contributed by atoms with van der Waals surface area (Å²) in [6.07, 6.45) is 0. The Kier molecular flexibility index (Phi) is 3.59. The molecule has 0 saturated heterocycles. The second kappa shape index (κ2) is 5.38. The summed E-state index contributed by atoms with van der Waals surface area (Å²) < 4.78 is 0. The molecule has 0 fully saturated rings. The quantitative estimate of drug-likeness (QED) is 0.898. The Bertz CT molecular complexity index is 743. The molecule has 0 unspecified atom stereocenters. The first-order valence-corrected chi connectivity index (χ1v) is 7.76. The second-order valence-electron chi connectivity index (χ2n) is 5.37. The molecule has 4 heteroatoms. The van der Waals surface area contributed by atoms with Crippen LogP contribution in [-0.4, -0.2) is 6.04 Å². The zero-order valence-corrected chi connectivity index (χ0v) is 12.6. The second-order valence-corrected chi connectivity index (χ2v) is 6.38. The highest BCUT2D eigenvalue weighted by atomic mass is 32.1. The van der Waals surface area contributed by atoms with Crippen LogP contribution in [0.15, 0.2) is 34.6 Å². The third kappa shape index (κ3) is 2.49. The molecule has 1 aromatic carbocycles. The first kappa shape index (κ1) is 13.3. The van der Waals surface area contributed by atoms with Crippen molar-refractivity contribution in [1.82, 2.24) is 5.32 Å². The summed E-state index contributed by atoms with van der Waals surface area (Å²) in [5.74, 6) is 0. The number of rotatable bonds is 3. The number of nitrogens with zero attached hydrogens (tertiary/aromatic N) is 1. The minimum Gasteiger partial charge on any atom is -0.398 e. The van der Waals surface area contributed by atoms with Gasteiger partial charge in [-0.05, 0) is 23.1 Å². The van der Waals surface area contributed by atoms with Crippen molar-refractivity contribution >= 4 is 17.0 Å². The number of fused-ring (bicyclic) bond motifs is 2. The van der Waals surface area contributed by atoms with Gasteiger partial charge >= 0.3 is 0 Å². The Labute approximate surface area is 122 Å². The van der Waals surface area contributed by atoms with Gasteiger partial charge < -0.3 is 11.1 Å². The lowest BCUT2D eigenvalue weighted by Gasteiger charge is -2.08. The number of hydrogen-bond acceptors (Lipinski definition) is 4. The molecule has 2 heterocycles. The lowest BCUT2D eigenvalue weighted by molar-refractivity contribution is 0.588. The molecule has 0 spiro atoms. The largest absolute Gasteiger partial charge is 0.398 e. The predicted octanol–water partition coefficient (Wildman–Crippen LogP) is 1.49. The van der Waals surface area contributed by atoms with Crippen molar-refractivity contribution in [2.75, 3.05) is 0 Å². The number of nitrogens with two attached hydrogens (primary N) is 1. The number of nitrogens with one attached hydrogen (secondary N) is 1. The Morgan fingerprint density at radius 2 is 2.20 bits per heavy atom. The van der Waals surface area contributed by atoms with Crippen LogP contribution in [0.3, 0.4) is 0 Å². The van der Waals surface area contributed by atoms with Crippen LogP contribution in [-0.2, 0) is 13.1 Å². The number of benzene rings is 1. The van der Waals surface area contributed by atoms with Crippen LogP contribution in [0.25, 0.3) is 5.70 Å². The van der Waals surface area contributed by atoms with Gasteiger partial charge in [-0.1, -0.05) is 26.0 Å². The Morgan fingerprint density at radius 3 is 3.00 bits per heavy atom. The fraction of sp³-hybridized carbons (Fsp3) is 0.312. The number of thiophene rings is 1. The zero-order chi connectivity index (χ0) is 14.1. The topological polar surface area (TPSA) is 50.4 Å². The van der Waals surface area contributed by atoms with Crippen LogP contribution >= 0.6 is 11.3 Å². The molecule has 3 nitrogen and oxygen atoms in total. The highest BCUT2D eigenvalue weighted by Crippen LogP contribution is 2.21. The van der Waals surface area contributed by atoms with Gasteiger partial charge in [-0.3, -0.25) is 4.99 Å². The molecule has 0 aliphatic carbocycles. The average Bonchev–Trinajstić information content (AvgIpc) is 2.86. The van der Waals surface area contributed by atoms with E-state index >= 15 is 0 Å². The van der Waals surface area contributed by atoms with E-state index in [1.807, 2.05) is 0 Å². The predicted molar refractivity (Wildman–Crippen MR) is 83.9 cm³/mol. The van der Waals surface area contributed by atoms with Crippen molar-refractivity contribution in [3.05, 3.63) is 56.2 Å². The van der Waals surface area contributed by atoms with Gasteiger partial charge in [0.2, 0.25) is 0 Å². The normalized spacial score (nSPS) is 13.7. The molecule has 0 saturated carbocycles. The molecule has 1 aromatic heterocycles. The van der Waals surface area contributed by atoms with Crippen molar-refractivity contribution < 1.29 is 0 Å². The molecule has 20 heavy (non-hydrogen) atoms. The molecule has 0 amide bonds. The molecule has 3 rings (SSSR count). The van der Waals surface area contributed by atoms with Crippen molar-refractivity contribution in [3.8, 4) is 0 Å². The summed E-state index contributed by atoms with van der Waals surface area (Å²) in [6.45, 7) is 5.89. The third-order valence-electron chi connectivity index (χ3n) is 3.50. The van der Waals surface area contributed by atoms with E-state index in [0.29, 0.717) is 6.04 Å². The van der Waals surface area contributed by atoms with Crippen molar-refractivity contribution in [2.24, 2.45) is 10.7 Å². The average molecular weight is 285 g/mol. The monoisotopic (exact) mass is 285 g/mol. The molecular weight excluding hydrogens is 266 g/mol. The molecule has 0 atom stereocenters. The lowest BCUT2D eigenvalue weighted by Crippen LogP contribution is -2.31. The minimum absolute atomic E-state index is 0.481. The maximum atomic E-state index is 6.32. The van der Waals surface area contributed by atoms with E-state index in [-0.39, 0.29) is 0 Å². The molecule has 104 valence electrons. The summed E-state index contributed by atoms with van der Waals surface area (Å²) in [4.78, 5) is 5.97. The van der Waals surface area contributed by atoms with Crippen LogP contribution in [0.1, 0.15) is 29.9 Å².